The van der Waals surface area contributed by atoms with E-state index in [-0.39, 0.29) is 68.4 Å². The van der Waals surface area contributed by atoms with Crippen molar-refractivity contribution in [2.75, 3.05) is 19.6 Å². The molecule has 616 valence electrons. The molecule has 0 radical (unpaired) electrons. The van der Waals surface area contributed by atoms with Crippen molar-refractivity contribution in [3.63, 3.8) is 0 Å². The number of phenolic OH excluding ortho intramolecular Hbond substituents is 1. The molecule has 0 bridgehead atoms. The summed E-state index contributed by atoms with van der Waals surface area (Å²) in [6.07, 6.45) is -6.98. The molecule has 0 unspecified atom stereocenters. The van der Waals surface area contributed by atoms with E-state index in [1.165, 1.54) is 45.0 Å². The van der Waals surface area contributed by atoms with Gasteiger partial charge >= 0.3 is 29.8 Å². The smallest absolute Gasteiger partial charge is 0.326 e. The van der Waals surface area contributed by atoms with Crippen LogP contribution in [0.4, 0.5) is 0 Å². The van der Waals surface area contributed by atoms with E-state index in [1.54, 1.807) is 27.7 Å². The zero-order valence-corrected chi connectivity index (χ0v) is 62.5. The van der Waals surface area contributed by atoms with Crippen LogP contribution >= 0.6 is 0 Å². The Balaban J connectivity index is 3.60. The highest BCUT2D eigenvalue weighted by Gasteiger charge is 2.39. The first-order chi connectivity index (χ1) is 51.4. The van der Waals surface area contributed by atoms with Crippen molar-refractivity contribution in [2.24, 2.45) is 39.8 Å². The molecular weight excluding hydrogens is 1460 g/mol. The van der Waals surface area contributed by atoms with Crippen LogP contribution in [0.25, 0.3) is 0 Å². The van der Waals surface area contributed by atoms with Crippen molar-refractivity contribution < 1.29 is 122 Å². The van der Waals surface area contributed by atoms with Gasteiger partial charge in [0.2, 0.25) is 76.8 Å². The number of amides is 13. The fraction of sp³-hybridized carbons (Fsp3) is 0.627. The van der Waals surface area contributed by atoms with E-state index in [4.69, 9.17) is 28.0 Å². The number of benzene rings is 1. The van der Waals surface area contributed by atoms with E-state index < -0.39 is 255 Å². The number of carbonyl (C=O) groups excluding carboxylic acids is 13. The molecule has 43 heteroatoms. The van der Waals surface area contributed by atoms with Gasteiger partial charge in [-0.15, -0.1) is 0 Å². The Morgan fingerprint density at radius 2 is 0.845 bits per heavy atom. The molecule has 0 saturated heterocycles. The molecule has 0 aromatic heterocycles. The van der Waals surface area contributed by atoms with Crippen molar-refractivity contribution in [3.05, 3.63) is 29.8 Å². The van der Waals surface area contributed by atoms with Crippen LogP contribution < -0.4 is 92.1 Å². The molecule has 28 N–H and O–H groups in total. The highest BCUT2D eigenvalue weighted by Crippen LogP contribution is 2.16. The van der Waals surface area contributed by atoms with E-state index in [9.17, 15) is 117 Å². The van der Waals surface area contributed by atoms with E-state index in [0.717, 1.165) is 6.92 Å². The molecule has 43 nitrogen and oxygen atoms in total. The summed E-state index contributed by atoms with van der Waals surface area (Å²) in [5.41, 5.74) is 22.4. The summed E-state index contributed by atoms with van der Waals surface area (Å²) in [6.45, 7) is 10.7. The quantitative estimate of drug-likeness (QED) is 0.0164. The van der Waals surface area contributed by atoms with Crippen LogP contribution in [0, 0.1) is 11.8 Å². The fourth-order valence-electron chi connectivity index (χ4n) is 10.2. The first-order valence-corrected chi connectivity index (χ1v) is 35.4. The highest BCUT2D eigenvalue weighted by molar-refractivity contribution is 6.00. The average molecular weight is 1570 g/mol. The topological polar surface area (TPSA) is 722 Å². The van der Waals surface area contributed by atoms with Gasteiger partial charge in [0, 0.05) is 32.2 Å². The number of phenols is 1. The number of carbonyl (C=O) groups is 18. The van der Waals surface area contributed by atoms with E-state index in [1.807, 2.05) is 0 Å². The van der Waals surface area contributed by atoms with Crippen molar-refractivity contribution in [1.82, 2.24) is 69.1 Å². The van der Waals surface area contributed by atoms with Crippen molar-refractivity contribution in [2.45, 2.75) is 236 Å². The number of hydrogen-bond donors (Lipinski definition) is 24. The lowest BCUT2D eigenvalue weighted by molar-refractivity contribution is -0.144. The molecule has 13 amide bonds. The zero-order valence-electron chi connectivity index (χ0n) is 62.5. The molecule has 0 spiro atoms. The van der Waals surface area contributed by atoms with Gasteiger partial charge in [-0.25, -0.2) is 4.79 Å². The minimum atomic E-state index is -2.19. The van der Waals surface area contributed by atoms with Crippen LogP contribution in [0.3, 0.4) is 0 Å². The molecule has 0 fully saturated rings. The summed E-state index contributed by atoms with van der Waals surface area (Å²) in [5, 5.41) is 98.9. The number of nitrogens with zero attached hydrogens (tertiary/aromatic N) is 1. The summed E-state index contributed by atoms with van der Waals surface area (Å²) in [4.78, 5) is 242. The van der Waals surface area contributed by atoms with Crippen LogP contribution in [-0.2, 0) is 92.7 Å². The largest absolute Gasteiger partial charge is 0.508 e. The number of carboxylic acid groups (broad SMARTS) is 5. The van der Waals surface area contributed by atoms with Crippen LogP contribution in [0.1, 0.15) is 151 Å². The predicted molar refractivity (Wildman–Crippen MR) is 387 cm³/mol. The van der Waals surface area contributed by atoms with E-state index in [2.05, 4.69) is 74.1 Å². The molecule has 15 atom stereocenters. The second-order valence-electron chi connectivity index (χ2n) is 26.6. The predicted octanol–water partition coefficient (Wildman–Crippen LogP) is -6.94. The lowest BCUT2D eigenvalue weighted by Gasteiger charge is -2.30. The van der Waals surface area contributed by atoms with Gasteiger partial charge < -0.3 is 128 Å². The molecule has 0 aliphatic carbocycles. The number of aliphatic hydroxyl groups excluding tert-OH is 1. The Labute approximate surface area is 633 Å². The summed E-state index contributed by atoms with van der Waals surface area (Å²) in [6, 6.07) is -16.2. The van der Waals surface area contributed by atoms with Gasteiger partial charge in [-0.2, -0.15) is 0 Å². The number of aliphatic hydroxyl groups is 1. The number of aromatic hydroxyl groups is 1. The Morgan fingerprint density at radius 3 is 1.33 bits per heavy atom. The summed E-state index contributed by atoms with van der Waals surface area (Å²) in [5.74, 6) is -23.6. The third-order valence-corrected chi connectivity index (χ3v) is 16.6. The molecule has 0 aliphatic heterocycles. The maximum absolute atomic E-state index is 14.4. The summed E-state index contributed by atoms with van der Waals surface area (Å²) in [7, 11) is 0. The summed E-state index contributed by atoms with van der Waals surface area (Å²) >= 11 is 0. The Hall–Kier alpha value is -11.4. The fourth-order valence-corrected chi connectivity index (χ4v) is 10.2. The maximum Gasteiger partial charge on any atom is 0.326 e. The van der Waals surface area contributed by atoms with E-state index >= 15 is 0 Å². The minimum absolute atomic E-state index is 0.00629. The number of aliphatic carboxylic acids is 5. The number of guanidine groups is 1. The molecule has 0 saturated carbocycles. The second kappa shape index (κ2) is 49.6. The number of nitrogens with two attached hydrogens (primary N) is 4. The number of hydrogen-bond acceptors (Lipinski definition) is 23. The van der Waals surface area contributed by atoms with Crippen LogP contribution in [0.5, 0.6) is 5.75 Å². The lowest BCUT2D eigenvalue weighted by Crippen LogP contribution is -2.62. The maximum atomic E-state index is 14.4. The van der Waals surface area contributed by atoms with Crippen molar-refractivity contribution in [1.29, 1.82) is 0 Å². The number of rotatable bonds is 53. The Morgan fingerprint density at radius 1 is 0.436 bits per heavy atom. The number of nitrogens with one attached hydrogen (secondary N) is 13. The lowest BCUT2D eigenvalue weighted by atomic mass is 9.97. The van der Waals surface area contributed by atoms with Gasteiger partial charge in [-0.3, -0.25) is 86.5 Å². The number of carboxylic acids is 5. The molecule has 0 aliphatic rings. The molecule has 1 aromatic carbocycles. The first kappa shape index (κ1) is 96.6. The van der Waals surface area contributed by atoms with Crippen LogP contribution in [0.15, 0.2) is 29.3 Å². The molecule has 0 heterocycles. The van der Waals surface area contributed by atoms with Crippen molar-refractivity contribution in [3.8, 4) is 5.75 Å². The minimum Gasteiger partial charge on any atom is -0.508 e. The number of aliphatic imine (C=N–C) groups is 1. The van der Waals surface area contributed by atoms with Crippen molar-refractivity contribution >= 4 is 113 Å². The van der Waals surface area contributed by atoms with Crippen LogP contribution in [-0.4, -0.2) is 253 Å². The normalized spacial score (nSPS) is 15.1. The second-order valence-corrected chi connectivity index (χ2v) is 26.6. The molecule has 110 heavy (non-hydrogen) atoms. The SMILES string of the molecule is CC[C@H](C)[C@H](NC(=O)[C@@H](NC(=O)[C@H](CCCCN)NC(=O)[C@H](C)N)[C@@H](C)O)C(=O)N[C@@H](C)C(=O)N[C@@H](Cc1ccc(O)cc1)C(=O)N[C@@H](CC(=O)O)C(=O)N[C@@H](CCC(=O)O)C(=O)N[C@@H](CCC(=O)O)C(=O)N[C@@H](C)C(=O)N[C@@H](CCCN=C(N)N)C(=O)NCC(=O)N[C@@H](CC(C)C)C(=O)N[C@@H](CCC(=O)O)C(=O)O. The monoisotopic (exact) mass is 1560 g/mol. The highest BCUT2D eigenvalue weighted by atomic mass is 16.4. The van der Waals surface area contributed by atoms with Crippen LogP contribution in [0.2, 0.25) is 0 Å². The average Bonchev–Trinajstić information content (AvgIpc) is 0.848. The Bertz CT molecular complexity index is 3390. The van der Waals surface area contributed by atoms with Gasteiger partial charge in [-0.05, 0) is 122 Å². The first-order valence-electron chi connectivity index (χ1n) is 35.4. The number of unbranched alkanes of at least 4 members (excludes halogenated alkanes) is 1. The summed E-state index contributed by atoms with van der Waals surface area (Å²) < 4.78 is 0. The molecule has 1 aromatic rings. The van der Waals surface area contributed by atoms with Gasteiger partial charge in [-0.1, -0.05) is 46.2 Å². The molecular formula is C67H108N18O25. The van der Waals surface area contributed by atoms with Gasteiger partial charge in [0.25, 0.3) is 0 Å². The van der Waals surface area contributed by atoms with Gasteiger partial charge in [0.05, 0.1) is 25.1 Å². The third kappa shape index (κ3) is 37.9. The molecule has 1 rings (SSSR count). The van der Waals surface area contributed by atoms with Gasteiger partial charge in [0.15, 0.2) is 5.96 Å². The standard InChI is InChI=1S/C67H108N18O25/c1-9-32(4)52(84-65(108)53(36(8)86)85-60(103)40(13-10-11-25-68)77-54(97)33(5)69)64(107)75-35(7)56(99)82-45(28-37-15-17-38(87)18-16-37)62(105)83-46(29-51(95)96)63(106)80-42(20-23-49(91)92)59(102)79-41(19-22-48(89)90)58(101)74-34(6)55(98)78-39(14-12-26-72-67(70)71)57(100)73-30-47(88)76-44(27-31(2)3)61(104)81-43(66(109)110)21-24-50(93)94/h15-18,31-36,39-46,52-53,86-87H,9-14,19-30,68-69H2,1-8H3,(H,73,100)(H,74,101)(H,75,107)(H,76,88)(H,77,97)(H,78,98)(H,79,102)(H,80,106)(H,81,104)(H,82,99)(H,83,105)(H,84,108)(H,85,103)(H,89,90)(H,91,92)(H,93,94)(H,95,96)(H,109,110)(H4,70,71,72)/t32-,33-,34-,35-,36+,39-,40-,41-,42-,43-,44-,45-,46-,52-,53-/m0/s1. The van der Waals surface area contributed by atoms with Gasteiger partial charge in [0.1, 0.15) is 78.3 Å². The third-order valence-electron chi connectivity index (χ3n) is 16.6. The zero-order chi connectivity index (χ0) is 83.8. The Kier molecular flexibility index (Phi) is 43.5. The van der Waals surface area contributed by atoms with E-state index in [0.29, 0.717) is 12.8 Å².